The lowest BCUT2D eigenvalue weighted by molar-refractivity contribution is -0.0888. The van der Waals surface area contributed by atoms with Crippen LogP contribution in [0.25, 0.3) is 10.8 Å². The van der Waals surface area contributed by atoms with Crippen LogP contribution >= 0.6 is 12.2 Å². The van der Waals surface area contributed by atoms with Crippen molar-refractivity contribution in [3.05, 3.63) is 40.7 Å². The van der Waals surface area contributed by atoms with E-state index in [1.165, 1.54) is 5.56 Å². The highest BCUT2D eigenvalue weighted by Gasteiger charge is 2.37. The van der Waals surface area contributed by atoms with Crippen LogP contribution in [0.1, 0.15) is 18.2 Å². The summed E-state index contributed by atoms with van der Waals surface area (Å²) in [5, 5.41) is 2.22. The monoisotopic (exact) mass is 334 g/mol. The molecule has 0 spiro atoms. The molecule has 3 rings (SSSR count). The lowest BCUT2D eigenvalue weighted by Gasteiger charge is -2.18. The second kappa shape index (κ2) is 7.07. The molecular weight excluding hydrogens is 312 g/mol. The van der Waals surface area contributed by atoms with Crippen LogP contribution in [-0.2, 0) is 14.3 Å². The third-order valence-corrected chi connectivity index (χ3v) is 4.61. The molecule has 1 fully saturated rings. The fourth-order valence-electron chi connectivity index (χ4n) is 3.07. The molecule has 2 heterocycles. The highest BCUT2D eigenvalue weighted by molar-refractivity contribution is 7.71. The number of methoxy groups -OCH3 is 1. The molecule has 1 aliphatic heterocycles. The van der Waals surface area contributed by atoms with E-state index >= 15 is 0 Å². The average molecular weight is 334 g/mol. The van der Waals surface area contributed by atoms with Crippen molar-refractivity contribution in [3.8, 4) is 0 Å². The van der Waals surface area contributed by atoms with Gasteiger partial charge in [0.25, 0.3) is 0 Å². The molecule has 23 heavy (non-hydrogen) atoms. The number of rotatable bonds is 5. The second-order valence-electron chi connectivity index (χ2n) is 5.80. The van der Waals surface area contributed by atoms with Crippen molar-refractivity contribution in [2.24, 2.45) is 0 Å². The number of benzene rings is 1. The molecule has 0 saturated carbocycles. The summed E-state index contributed by atoms with van der Waals surface area (Å²) in [4.78, 5) is 5.56. The Morgan fingerprint density at radius 3 is 2.96 bits per heavy atom. The van der Waals surface area contributed by atoms with Gasteiger partial charge in [-0.15, -0.1) is 0 Å². The van der Waals surface area contributed by atoms with Gasteiger partial charge >= 0.3 is 0 Å². The van der Waals surface area contributed by atoms with Crippen LogP contribution in [0, 0.1) is 11.6 Å². The van der Waals surface area contributed by atoms with Gasteiger partial charge in [0, 0.05) is 32.2 Å². The third-order valence-electron chi connectivity index (χ3n) is 4.18. The maximum Gasteiger partial charge on any atom is 0.137 e. The SMILES string of the molecule is CNO[C@@H]1C[C@H](n2ccc3cc(C)ccc3c2=S)OC1COC. The summed E-state index contributed by atoms with van der Waals surface area (Å²) in [5.41, 5.74) is 3.98. The molecule has 1 unspecified atom stereocenters. The number of ether oxygens (including phenoxy) is 2. The minimum Gasteiger partial charge on any atom is -0.382 e. The summed E-state index contributed by atoms with van der Waals surface area (Å²) in [6.45, 7) is 2.57. The zero-order valence-corrected chi connectivity index (χ0v) is 14.4. The molecular formula is C17H22N2O3S. The number of pyridine rings is 1. The summed E-state index contributed by atoms with van der Waals surface area (Å²) in [6.07, 6.45) is 2.39. The predicted molar refractivity (Wildman–Crippen MR) is 91.8 cm³/mol. The summed E-state index contributed by atoms with van der Waals surface area (Å²) < 4.78 is 14.1. The van der Waals surface area contributed by atoms with E-state index < -0.39 is 0 Å². The van der Waals surface area contributed by atoms with E-state index in [0.717, 1.165) is 21.8 Å². The maximum atomic E-state index is 6.11. The topological polar surface area (TPSA) is 44.7 Å². The highest BCUT2D eigenvalue weighted by atomic mass is 32.1. The van der Waals surface area contributed by atoms with Crippen molar-refractivity contribution in [1.82, 2.24) is 10.0 Å². The smallest absolute Gasteiger partial charge is 0.137 e. The van der Waals surface area contributed by atoms with Crippen LogP contribution in [0.15, 0.2) is 30.5 Å². The molecule has 3 atom stereocenters. The van der Waals surface area contributed by atoms with E-state index in [0.29, 0.717) is 6.61 Å². The highest BCUT2D eigenvalue weighted by Crippen LogP contribution is 2.32. The van der Waals surface area contributed by atoms with E-state index in [1.807, 2.05) is 10.8 Å². The van der Waals surface area contributed by atoms with Crippen LogP contribution in [0.4, 0.5) is 0 Å². The number of aryl methyl sites for hydroxylation is 1. The quantitative estimate of drug-likeness (QED) is 0.672. The summed E-state index contributed by atoms with van der Waals surface area (Å²) in [7, 11) is 3.42. The number of hydroxylamine groups is 1. The van der Waals surface area contributed by atoms with Gasteiger partial charge in [-0.1, -0.05) is 36.0 Å². The number of aromatic nitrogens is 1. The third kappa shape index (κ3) is 3.32. The molecule has 0 amide bonds. The van der Waals surface area contributed by atoms with Crippen molar-refractivity contribution in [1.29, 1.82) is 0 Å². The Balaban J connectivity index is 1.93. The minimum atomic E-state index is -0.147. The van der Waals surface area contributed by atoms with Gasteiger partial charge in [-0.3, -0.25) is 4.84 Å². The van der Waals surface area contributed by atoms with Crippen molar-refractivity contribution < 1.29 is 14.3 Å². The molecule has 1 N–H and O–H groups in total. The first-order chi connectivity index (χ1) is 11.1. The van der Waals surface area contributed by atoms with Crippen LogP contribution < -0.4 is 5.48 Å². The van der Waals surface area contributed by atoms with Crippen molar-refractivity contribution in [2.45, 2.75) is 31.8 Å². The largest absolute Gasteiger partial charge is 0.382 e. The zero-order chi connectivity index (χ0) is 16.4. The lowest BCUT2D eigenvalue weighted by Crippen LogP contribution is -2.32. The maximum absolute atomic E-state index is 6.11. The number of hydrogen-bond donors (Lipinski definition) is 1. The van der Waals surface area contributed by atoms with Gasteiger partial charge in [-0.25, -0.2) is 5.48 Å². The second-order valence-corrected chi connectivity index (χ2v) is 6.19. The molecule has 0 aliphatic carbocycles. The molecule has 1 saturated heterocycles. The van der Waals surface area contributed by atoms with Crippen LogP contribution in [0.3, 0.4) is 0 Å². The Morgan fingerprint density at radius 2 is 2.22 bits per heavy atom. The van der Waals surface area contributed by atoms with E-state index in [2.05, 4.69) is 36.7 Å². The van der Waals surface area contributed by atoms with Crippen LogP contribution in [-0.4, -0.2) is 37.5 Å². The predicted octanol–water partition coefficient (Wildman–Crippen LogP) is 3.13. The minimum absolute atomic E-state index is 0.0689. The summed E-state index contributed by atoms with van der Waals surface area (Å²) in [6, 6.07) is 8.38. The Hall–Kier alpha value is -1.31. The molecule has 124 valence electrons. The standard InChI is InChI=1S/C17H22N2O3S/c1-11-4-5-13-12(8-11)6-7-19(17(13)23)16-9-14(22-18-2)15(21-16)10-20-3/h4-8,14-16,18H,9-10H2,1-3H3/t14-,15?,16-/m1/s1. The van der Waals surface area contributed by atoms with E-state index in [4.69, 9.17) is 26.5 Å². The Morgan fingerprint density at radius 1 is 1.39 bits per heavy atom. The molecule has 6 heteroatoms. The molecule has 0 bridgehead atoms. The Bertz CT molecular complexity index is 732. The molecule has 1 aromatic heterocycles. The fourth-order valence-corrected chi connectivity index (χ4v) is 3.43. The Labute approximate surface area is 141 Å². The van der Waals surface area contributed by atoms with Gasteiger partial charge < -0.3 is 14.0 Å². The first-order valence-electron chi connectivity index (χ1n) is 7.72. The molecule has 2 aromatic rings. The molecule has 0 radical (unpaired) electrons. The number of hydrogen-bond acceptors (Lipinski definition) is 5. The van der Waals surface area contributed by atoms with Crippen molar-refractivity contribution in [3.63, 3.8) is 0 Å². The molecule has 1 aliphatic rings. The van der Waals surface area contributed by atoms with Gasteiger partial charge in [0.1, 0.15) is 23.1 Å². The van der Waals surface area contributed by atoms with E-state index in [9.17, 15) is 0 Å². The fraction of sp³-hybridized carbons (Fsp3) is 0.471. The van der Waals surface area contributed by atoms with Gasteiger partial charge in [0.2, 0.25) is 0 Å². The number of nitrogens with zero attached hydrogens (tertiary/aromatic N) is 1. The Kier molecular flexibility index (Phi) is 5.08. The molecule has 1 aromatic carbocycles. The van der Waals surface area contributed by atoms with Crippen LogP contribution in [0.2, 0.25) is 0 Å². The first-order valence-corrected chi connectivity index (χ1v) is 8.13. The molecule has 5 nitrogen and oxygen atoms in total. The van der Waals surface area contributed by atoms with Gasteiger partial charge in [-0.2, -0.15) is 0 Å². The van der Waals surface area contributed by atoms with Gasteiger partial charge in [-0.05, 0) is 18.4 Å². The van der Waals surface area contributed by atoms with E-state index in [-0.39, 0.29) is 18.4 Å². The van der Waals surface area contributed by atoms with Crippen molar-refractivity contribution in [2.75, 3.05) is 20.8 Å². The summed E-state index contributed by atoms with van der Waals surface area (Å²) in [5.74, 6) is 0. The first kappa shape index (κ1) is 16.5. The zero-order valence-electron chi connectivity index (χ0n) is 13.6. The summed E-state index contributed by atoms with van der Waals surface area (Å²) >= 11 is 5.68. The average Bonchev–Trinajstić information content (AvgIpc) is 2.91. The normalized spacial score (nSPS) is 24.4. The van der Waals surface area contributed by atoms with E-state index in [1.54, 1.807) is 14.2 Å². The van der Waals surface area contributed by atoms with Crippen LogP contribution in [0.5, 0.6) is 0 Å². The van der Waals surface area contributed by atoms with Crippen molar-refractivity contribution >= 4 is 23.0 Å². The lowest BCUT2D eigenvalue weighted by atomic mass is 10.1. The van der Waals surface area contributed by atoms with Gasteiger partial charge in [0.15, 0.2) is 0 Å². The van der Waals surface area contributed by atoms with Gasteiger partial charge in [0.05, 0.1) is 6.61 Å². The number of fused-ring (bicyclic) bond motifs is 1. The number of nitrogens with one attached hydrogen (secondary N) is 1.